The van der Waals surface area contributed by atoms with Crippen LogP contribution in [0.2, 0.25) is 0 Å². The minimum Gasteiger partial charge on any atom is -0.748 e. The van der Waals surface area contributed by atoms with Crippen LogP contribution in [0, 0.1) is 94.7 Å². The number of hydrogen-bond donors (Lipinski definition) is 16. The average molecular weight is 2120 g/mol. The molecule has 8 aliphatic carbocycles. The van der Waals surface area contributed by atoms with E-state index in [2.05, 4.69) is 85.1 Å². The van der Waals surface area contributed by atoms with Gasteiger partial charge in [-0.1, -0.05) is 64.2 Å². The van der Waals surface area contributed by atoms with Gasteiger partial charge in [-0.3, -0.25) is 85.1 Å². The van der Waals surface area contributed by atoms with E-state index in [9.17, 15) is 93.3 Å². The number of nitrogens with one attached hydrogen (secondary N) is 16. The van der Waals surface area contributed by atoms with Crippen molar-refractivity contribution in [2.24, 2.45) is 94.7 Å². The fourth-order valence-corrected chi connectivity index (χ4v) is 51.8. The second-order valence-corrected chi connectivity index (χ2v) is 62.5. The van der Waals surface area contributed by atoms with Crippen molar-refractivity contribution in [1.82, 2.24) is 85.1 Å². The van der Waals surface area contributed by atoms with Crippen LogP contribution in [0.4, 0.5) is 0 Å². The molecule has 0 aromatic heterocycles. The molecule has 16 N–H and O–H groups in total. The van der Waals surface area contributed by atoms with Crippen LogP contribution in [-0.4, -0.2) is 244 Å². The van der Waals surface area contributed by atoms with Crippen LogP contribution in [0.25, 0.3) is 0 Å². The van der Waals surface area contributed by atoms with E-state index in [1.165, 1.54) is 0 Å². The minimum atomic E-state index is -5.34. The van der Waals surface area contributed by atoms with Crippen molar-refractivity contribution in [3.05, 3.63) is 0 Å². The van der Waals surface area contributed by atoms with Crippen molar-refractivity contribution in [1.29, 1.82) is 0 Å². The maximum atomic E-state index is 13.8. The Morgan fingerprint density at radius 3 is 0.463 bits per heavy atom. The first-order valence-corrected chi connectivity index (χ1v) is 63.3. The third-order valence-corrected chi connectivity index (χ3v) is 50.0. The molecule has 10 aliphatic heterocycles. The van der Waals surface area contributed by atoms with E-state index >= 15 is 0 Å². The molecule has 0 aromatic carbocycles. The SMILES string of the molecule is O=S(=O)([O-])C1CCCC2C3NC4NC(NC5NC(NC6NC(NC(N3)C21)C1C6C(S(=O)(=O)Cl)C(S(=O)(=O)Cl)C(S(=O)(=O)Cl)C1S(=O)(=O)Cl)C1CCCCC51)C1CCCCC41.O=S(=O)([O-])C1CCCC2C3NC4NC(NC5NC(NC6NC(NC(N3)C21)C1C6C(S(=O)(=O)Cl)C(S(=O)(=O)Cl)C(S(=O)(=O)Cl)C1S(=O)(=O)Cl)C1CCCCC51)C1CCCCC41.[Cu+2]. The van der Waals surface area contributed by atoms with Gasteiger partial charge >= 0.3 is 17.1 Å². The predicted molar refractivity (Wildman–Crippen MR) is 444 cm³/mol. The van der Waals surface area contributed by atoms with E-state index < -0.39 is 254 Å². The predicted octanol–water partition coefficient (Wildman–Crippen LogP) is -1.37. The van der Waals surface area contributed by atoms with Gasteiger partial charge in [-0.15, -0.1) is 0 Å². The number of rotatable bonds is 10. The maximum Gasteiger partial charge on any atom is 2.00 e. The minimum absolute atomic E-state index is 0. The first-order valence-electron chi connectivity index (χ1n) is 41.4. The third-order valence-electron chi connectivity index (χ3n) is 31.4. The quantitative estimate of drug-likeness (QED) is 0.0682. The van der Waals surface area contributed by atoms with Crippen molar-refractivity contribution in [3.63, 3.8) is 0 Å². The number of halogens is 8. The third kappa shape index (κ3) is 18.2. The molecular formula is C64H102Cl8CuN16O22S10. The molecule has 57 heteroatoms. The Morgan fingerprint density at radius 1 is 0.174 bits per heavy atom. The molecule has 16 bridgehead atoms. The normalized spacial score (nSPS) is 49.6. The van der Waals surface area contributed by atoms with Gasteiger partial charge in [-0.05, 0) is 136 Å². The standard InChI is InChI=1S/2C32H52Cl4N8O11S5.Cu/c2*33-56(45,46)21-19-20(22(57(34,47)48)24(59(36,51)52)23(21)58(35,49)50)32-43-30-18-16(10-5-11-17(18)60(53,54)55)29(42-30)40-27-13-7-2-1-6-12(13)25(38-27)37-26-14-8-3-4-9-15(14)28(39-26)41-31(19)44-32;/h2*12-32,37-44H,1-11H2,(H,53,54,55);/q;;+2/p-2. The average Bonchev–Trinajstić information content (AvgIpc) is 1.63. The molecule has 697 valence electrons. The van der Waals surface area contributed by atoms with Gasteiger partial charge < -0.3 is 9.11 Å². The summed E-state index contributed by atoms with van der Waals surface area (Å²) in [6, 6.07) is 0. The number of fused-ring (bicyclic) bond motifs is 40. The second kappa shape index (κ2) is 34.8. The molecule has 42 unspecified atom stereocenters. The Hall–Kier alpha value is 1.62. The van der Waals surface area contributed by atoms with Crippen LogP contribution in [0.1, 0.15) is 141 Å². The van der Waals surface area contributed by atoms with Gasteiger partial charge in [0.05, 0.1) is 129 Å². The Balaban J connectivity index is 0.000000178. The van der Waals surface area contributed by atoms with Crippen LogP contribution >= 0.6 is 85.5 Å². The van der Waals surface area contributed by atoms with Crippen molar-refractivity contribution in [2.45, 2.75) is 292 Å². The summed E-state index contributed by atoms with van der Waals surface area (Å²) in [5.74, 6) is -8.24. The molecule has 1 radical (unpaired) electrons. The Morgan fingerprint density at radius 2 is 0.306 bits per heavy atom. The summed E-state index contributed by atoms with van der Waals surface area (Å²) >= 11 is 0. The zero-order chi connectivity index (χ0) is 86.1. The van der Waals surface area contributed by atoms with E-state index in [4.69, 9.17) is 85.5 Å². The van der Waals surface area contributed by atoms with Gasteiger partial charge in [-0.25, -0.2) is 84.2 Å². The van der Waals surface area contributed by atoms with Crippen molar-refractivity contribution in [3.8, 4) is 0 Å². The molecule has 8 saturated carbocycles. The molecule has 0 amide bonds. The Labute approximate surface area is 753 Å². The van der Waals surface area contributed by atoms with E-state index in [1.54, 1.807) is 0 Å². The molecule has 42 atom stereocenters. The summed E-state index contributed by atoms with van der Waals surface area (Å²) in [5.41, 5.74) is 0. The largest absolute Gasteiger partial charge is 2.00 e. The second-order valence-electron chi connectivity index (χ2n) is 37.0. The van der Waals surface area contributed by atoms with Crippen LogP contribution in [-0.2, 0) is 110 Å². The molecular weight excluding hydrogens is 2010 g/mol. The monoisotopic (exact) mass is 2110 g/mol. The van der Waals surface area contributed by atoms with Gasteiger partial charge in [0, 0.05) is 121 Å². The molecule has 18 aliphatic rings. The fourth-order valence-electron chi connectivity index (χ4n) is 27.4. The number of hydrogen-bond acceptors (Lipinski definition) is 38. The summed E-state index contributed by atoms with van der Waals surface area (Å²) in [4.78, 5) is 0. The van der Waals surface area contributed by atoms with Crippen LogP contribution in [0.3, 0.4) is 0 Å². The van der Waals surface area contributed by atoms with Crippen LogP contribution < -0.4 is 85.1 Å². The van der Waals surface area contributed by atoms with E-state index in [0.29, 0.717) is 25.7 Å². The smallest absolute Gasteiger partial charge is 0.748 e. The molecule has 10 heterocycles. The van der Waals surface area contributed by atoms with E-state index in [0.717, 1.165) is 103 Å². The van der Waals surface area contributed by atoms with Crippen molar-refractivity contribution >= 4 is 178 Å². The first kappa shape index (κ1) is 95.8. The van der Waals surface area contributed by atoms with Gasteiger partial charge in [-0.2, -0.15) is 0 Å². The van der Waals surface area contributed by atoms with Gasteiger partial charge in [0.25, 0.3) is 0 Å². The summed E-state index contributed by atoms with van der Waals surface area (Å²) < 4.78 is 297. The Kier molecular flexibility index (Phi) is 27.5. The van der Waals surface area contributed by atoms with Crippen molar-refractivity contribution < 1.29 is 110 Å². The van der Waals surface area contributed by atoms with Crippen molar-refractivity contribution in [2.75, 3.05) is 0 Å². The molecule has 18 rings (SSSR count). The topological polar surface area (TPSA) is 580 Å². The first-order chi connectivity index (χ1) is 55.8. The molecule has 0 aromatic rings. The van der Waals surface area contributed by atoms with E-state index in [-0.39, 0.29) is 114 Å². The summed E-state index contributed by atoms with van der Waals surface area (Å²) in [5, 5.41) is 34.1. The molecule has 38 nitrogen and oxygen atoms in total. The molecule has 18 fully saturated rings. The van der Waals surface area contributed by atoms with Crippen LogP contribution in [0.5, 0.6) is 0 Å². The summed E-state index contributed by atoms with van der Waals surface area (Å²) in [7, 11) is -3.66. The van der Waals surface area contributed by atoms with Gasteiger partial charge in [0.2, 0.25) is 72.4 Å². The molecule has 0 spiro atoms. The van der Waals surface area contributed by atoms with E-state index in [1.807, 2.05) is 0 Å². The van der Waals surface area contributed by atoms with Gasteiger partial charge in [0.1, 0.15) is 42.0 Å². The zero-order valence-electron chi connectivity index (χ0n) is 64.2. The molecule has 10 saturated heterocycles. The zero-order valence-corrected chi connectivity index (χ0v) is 79.3. The Bertz CT molecular complexity index is 4870. The fraction of sp³-hybridized carbons (Fsp3) is 1.00. The maximum absolute atomic E-state index is 13.8. The summed E-state index contributed by atoms with van der Waals surface area (Å²) in [6.45, 7) is 0. The summed E-state index contributed by atoms with van der Waals surface area (Å²) in [6.07, 6.45) is 6.22. The molecule has 121 heavy (non-hydrogen) atoms. The van der Waals surface area contributed by atoms with Crippen LogP contribution in [0.15, 0.2) is 0 Å². The van der Waals surface area contributed by atoms with Gasteiger partial charge in [0.15, 0.2) is 0 Å².